The maximum absolute atomic E-state index is 13.3. The van der Waals surface area contributed by atoms with Gasteiger partial charge in [0.25, 0.3) is 23.5 Å². The van der Waals surface area contributed by atoms with Crippen LogP contribution >= 0.6 is 0 Å². The first kappa shape index (κ1) is 37.7. The fraction of sp³-hybridized carbons (Fsp3) is 0.389. The molecule has 4 aromatic rings. The molecule has 1 N–H and O–H groups in total. The van der Waals surface area contributed by atoms with E-state index in [1.165, 1.54) is 11.0 Å². The number of hydrogen-bond acceptors (Lipinski definition) is 8. The summed E-state index contributed by atoms with van der Waals surface area (Å²) >= 11 is 0. The molecule has 1 fully saturated rings. The van der Waals surface area contributed by atoms with Gasteiger partial charge in [0.2, 0.25) is 0 Å². The zero-order valence-corrected chi connectivity index (χ0v) is 28.6. The molecule has 0 unspecified atom stereocenters. The highest BCUT2D eigenvalue weighted by Gasteiger charge is 2.40. The van der Waals surface area contributed by atoms with E-state index in [0.29, 0.717) is 54.8 Å². The number of hydrogen-bond donors (Lipinski definition) is 1. The number of aliphatic carboxylic acids is 1. The Morgan fingerprint density at radius 3 is 2.29 bits per heavy atom. The van der Waals surface area contributed by atoms with Crippen molar-refractivity contribution in [1.29, 1.82) is 0 Å². The molecule has 0 radical (unpaired) electrons. The zero-order chi connectivity index (χ0) is 37.6. The number of carbonyl (C=O) groups is 4. The molecular weight excluding hydrogens is 687 g/mol. The summed E-state index contributed by atoms with van der Waals surface area (Å²) < 4.78 is 47.7. The van der Waals surface area contributed by atoms with Gasteiger partial charge in [-0.3, -0.25) is 24.3 Å². The summed E-state index contributed by atoms with van der Waals surface area (Å²) in [6.45, 7) is 7.08. The molecule has 0 saturated carbocycles. The second-order valence-electron chi connectivity index (χ2n) is 12.2. The Balaban J connectivity index is 0.000000679. The molecule has 6 rings (SSSR count). The van der Waals surface area contributed by atoms with Gasteiger partial charge in [-0.05, 0) is 57.0 Å². The third kappa shape index (κ3) is 8.33. The van der Waals surface area contributed by atoms with Crippen molar-refractivity contribution in [3.05, 3.63) is 83.4 Å². The minimum absolute atomic E-state index is 0.115. The van der Waals surface area contributed by atoms with Crippen molar-refractivity contribution in [1.82, 2.24) is 19.4 Å². The Morgan fingerprint density at radius 1 is 1.06 bits per heavy atom. The van der Waals surface area contributed by atoms with E-state index in [1.54, 1.807) is 41.4 Å². The van der Waals surface area contributed by atoms with Crippen molar-refractivity contribution < 1.29 is 56.6 Å². The van der Waals surface area contributed by atoms with E-state index in [-0.39, 0.29) is 43.2 Å². The molecule has 0 aliphatic carbocycles. The lowest BCUT2D eigenvalue weighted by atomic mass is 10.0. The molecule has 0 bridgehead atoms. The van der Waals surface area contributed by atoms with E-state index in [0.717, 1.165) is 36.2 Å². The highest BCUT2D eigenvalue weighted by atomic mass is 19.4. The maximum atomic E-state index is 13.3. The molecule has 13 nitrogen and oxygen atoms in total. The van der Waals surface area contributed by atoms with Crippen molar-refractivity contribution in [2.75, 3.05) is 26.4 Å². The summed E-state index contributed by atoms with van der Waals surface area (Å²) in [5.74, 6) is -2.04. The predicted molar refractivity (Wildman–Crippen MR) is 176 cm³/mol. The molecule has 1 saturated heterocycles. The number of likely N-dealkylation sites (N-methyl/N-ethyl adjacent to an activating group) is 1. The Kier molecular flexibility index (Phi) is 11.8. The Hall–Kier alpha value is -5.51. The summed E-state index contributed by atoms with van der Waals surface area (Å²) in [5.41, 5.74) is 3.01. The number of ether oxygens (including phenoxy) is 2. The molecule has 2 aliphatic heterocycles. The van der Waals surface area contributed by atoms with Crippen LogP contribution in [0.3, 0.4) is 0 Å². The highest BCUT2D eigenvalue weighted by Crippen LogP contribution is 2.28. The topological polar surface area (TPSA) is 158 Å². The van der Waals surface area contributed by atoms with Crippen LogP contribution in [-0.2, 0) is 40.5 Å². The first-order valence-corrected chi connectivity index (χ1v) is 16.7. The van der Waals surface area contributed by atoms with Gasteiger partial charge in [-0.2, -0.15) is 13.2 Å². The van der Waals surface area contributed by atoms with Crippen LogP contribution in [0, 0.1) is 5.92 Å². The number of benzene rings is 2. The number of halogens is 3. The number of nitrogens with zero attached hydrogens (tertiary/aromatic N) is 5. The van der Waals surface area contributed by atoms with Crippen molar-refractivity contribution in [2.45, 2.75) is 59.0 Å². The fourth-order valence-corrected chi connectivity index (χ4v) is 6.24. The number of carbonyl (C=O) groups excluding carboxylic acids is 3. The largest absolute Gasteiger partial charge is 0.871 e. The number of alkyl halides is 3. The summed E-state index contributed by atoms with van der Waals surface area (Å²) in [5, 5.41) is 19.3. The molecule has 276 valence electrons. The summed E-state index contributed by atoms with van der Waals surface area (Å²) in [4.78, 5) is 55.6. The SMILES string of the molecule is CCN(Cc1ncccc1[O-])C(=O)COc1ccc2c(c1)n(CC)c(CN1C(=O)c3ccccc3C1=O)[n+]2CC1CCOCC1.O=C(O)C(F)(F)F. The van der Waals surface area contributed by atoms with E-state index < -0.39 is 12.1 Å². The molecule has 2 aliphatic rings. The van der Waals surface area contributed by atoms with Gasteiger partial charge in [0.05, 0.1) is 36.5 Å². The number of aromatic nitrogens is 3. The van der Waals surface area contributed by atoms with Gasteiger partial charge < -0.3 is 24.6 Å². The molecule has 3 amide bonds. The second-order valence-corrected chi connectivity index (χ2v) is 12.2. The second kappa shape index (κ2) is 16.2. The molecule has 4 heterocycles. The first-order valence-electron chi connectivity index (χ1n) is 16.7. The number of amides is 3. The molecule has 16 heteroatoms. The van der Waals surface area contributed by atoms with Crippen LogP contribution < -0.4 is 14.4 Å². The number of aryl methyl sites for hydroxylation is 1. The van der Waals surface area contributed by atoms with Crippen LogP contribution in [-0.4, -0.2) is 80.7 Å². The summed E-state index contributed by atoms with van der Waals surface area (Å²) in [7, 11) is 0. The number of imide groups is 1. The smallest absolute Gasteiger partial charge is 0.490 e. The van der Waals surface area contributed by atoms with E-state index in [1.807, 2.05) is 32.0 Å². The number of carboxylic acid groups (broad SMARTS) is 1. The number of fused-ring (bicyclic) bond motifs is 2. The lowest BCUT2D eigenvalue weighted by molar-refractivity contribution is -0.687. The normalized spacial score (nSPS) is 14.6. The minimum Gasteiger partial charge on any atom is -0.871 e. The van der Waals surface area contributed by atoms with E-state index in [2.05, 4.69) is 14.1 Å². The predicted octanol–water partition coefficient (Wildman–Crippen LogP) is 3.70. The third-order valence-corrected chi connectivity index (χ3v) is 8.96. The van der Waals surface area contributed by atoms with Gasteiger partial charge in [0.1, 0.15) is 12.3 Å². The number of carboxylic acids is 1. The Labute approximate surface area is 296 Å². The monoisotopic (exact) mass is 725 g/mol. The molecule has 2 aromatic heterocycles. The van der Waals surface area contributed by atoms with Crippen molar-refractivity contribution in [3.8, 4) is 11.5 Å². The summed E-state index contributed by atoms with van der Waals surface area (Å²) in [6, 6.07) is 15.7. The van der Waals surface area contributed by atoms with E-state index in [9.17, 15) is 32.7 Å². The number of imidazole rings is 1. The van der Waals surface area contributed by atoms with Gasteiger partial charge in [-0.1, -0.05) is 23.9 Å². The molecule has 52 heavy (non-hydrogen) atoms. The van der Waals surface area contributed by atoms with Crippen molar-refractivity contribution >= 4 is 34.7 Å². The van der Waals surface area contributed by atoms with Gasteiger partial charge in [0.15, 0.2) is 17.6 Å². The van der Waals surface area contributed by atoms with Crippen LogP contribution in [0.15, 0.2) is 60.8 Å². The standard InChI is InChI=1S/C34H37N5O6.C2HF3O2/c1-3-36(20-27-30(40)10-7-15-35-27)32(41)22-45-24-11-12-28-29(18-24)37(4-2)31(38(28)19-23-13-16-44-17-14-23)21-39-33(42)25-8-5-6-9-26(25)34(39)43;3-2(4,5)1(6)7/h5-12,15,18,23H,3-4,13-14,16-17,19-22H2,1-2H3;(H,6,7). The van der Waals surface area contributed by atoms with Crippen LogP contribution in [0.5, 0.6) is 11.5 Å². The molecule has 0 atom stereocenters. The Bertz CT molecular complexity index is 1920. The van der Waals surface area contributed by atoms with Gasteiger partial charge >= 0.3 is 12.1 Å². The average Bonchev–Trinajstić information content (AvgIpc) is 3.55. The van der Waals surface area contributed by atoms with Gasteiger partial charge in [0, 0.05) is 37.9 Å². The van der Waals surface area contributed by atoms with Crippen molar-refractivity contribution in [2.24, 2.45) is 5.92 Å². The zero-order valence-electron chi connectivity index (χ0n) is 28.6. The number of rotatable bonds is 11. The fourth-order valence-electron chi connectivity index (χ4n) is 6.24. The maximum Gasteiger partial charge on any atom is 0.490 e. The molecule has 0 spiro atoms. The molecular formula is C36H38F3N5O8. The molecule has 2 aromatic carbocycles. The average molecular weight is 726 g/mol. The van der Waals surface area contributed by atoms with Crippen LogP contribution in [0.2, 0.25) is 0 Å². The lowest BCUT2D eigenvalue weighted by Crippen LogP contribution is -2.45. The van der Waals surface area contributed by atoms with E-state index in [4.69, 9.17) is 19.4 Å². The third-order valence-electron chi connectivity index (χ3n) is 8.96. The van der Waals surface area contributed by atoms with Gasteiger partial charge in [-0.25, -0.2) is 13.9 Å². The van der Waals surface area contributed by atoms with E-state index >= 15 is 0 Å². The van der Waals surface area contributed by atoms with Crippen LogP contribution in [0.1, 0.15) is 58.9 Å². The summed E-state index contributed by atoms with van der Waals surface area (Å²) in [6.07, 6.45) is -1.68. The van der Waals surface area contributed by atoms with Crippen LogP contribution in [0.4, 0.5) is 13.2 Å². The lowest BCUT2D eigenvalue weighted by Gasteiger charge is -2.23. The quantitative estimate of drug-likeness (QED) is 0.180. The van der Waals surface area contributed by atoms with Crippen LogP contribution in [0.25, 0.3) is 11.0 Å². The first-order chi connectivity index (χ1) is 24.8. The van der Waals surface area contributed by atoms with Crippen molar-refractivity contribution in [3.63, 3.8) is 0 Å². The number of pyridine rings is 1. The highest BCUT2D eigenvalue weighted by molar-refractivity contribution is 6.21. The minimum atomic E-state index is -5.08. The van der Waals surface area contributed by atoms with Gasteiger partial charge in [-0.15, -0.1) is 0 Å². The Morgan fingerprint density at radius 2 is 1.71 bits per heavy atom.